The van der Waals surface area contributed by atoms with E-state index < -0.39 is 11.9 Å². The second kappa shape index (κ2) is 8.43. The lowest BCUT2D eigenvalue weighted by Gasteiger charge is -2.28. The van der Waals surface area contributed by atoms with Gasteiger partial charge in [0.1, 0.15) is 6.04 Å². The van der Waals surface area contributed by atoms with E-state index in [1.54, 1.807) is 35.9 Å². The highest BCUT2D eigenvalue weighted by atomic mass is 35.5. The Labute approximate surface area is 189 Å². The summed E-state index contributed by atoms with van der Waals surface area (Å²) in [5, 5.41) is 8.36. The van der Waals surface area contributed by atoms with Gasteiger partial charge in [-0.25, -0.2) is 4.68 Å². The number of primary amides is 1. The second-order valence-corrected chi connectivity index (χ2v) is 7.54. The van der Waals surface area contributed by atoms with Crippen LogP contribution in [-0.4, -0.2) is 42.0 Å². The number of carbonyl (C=O) groups is 1. The molecular weight excluding hydrogens is 434 g/mol. The summed E-state index contributed by atoms with van der Waals surface area (Å²) in [6, 6.07) is 10.1. The Morgan fingerprint density at radius 3 is 2.38 bits per heavy atom. The summed E-state index contributed by atoms with van der Waals surface area (Å²) in [5.41, 5.74) is 8.10. The number of amides is 1. The predicted molar refractivity (Wildman–Crippen MR) is 120 cm³/mol. The number of allylic oxidation sites excluding steroid dienone is 1. The first kappa shape index (κ1) is 21.5. The molecule has 9 nitrogen and oxygen atoms in total. The summed E-state index contributed by atoms with van der Waals surface area (Å²) in [6.07, 6.45) is 0. The van der Waals surface area contributed by atoms with Crippen LogP contribution in [0.1, 0.15) is 18.5 Å². The van der Waals surface area contributed by atoms with E-state index in [1.807, 2.05) is 12.1 Å². The van der Waals surface area contributed by atoms with Crippen LogP contribution in [0.15, 0.2) is 47.7 Å². The molecule has 1 aliphatic rings. The molecule has 0 saturated carbocycles. The van der Waals surface area contributed by atoms with Crippen molar-refractivity contribution >= 4 is 23.5 Å². The van der Waals surface area contributed by atoms with Crippen molar-refractivity contribution in [1.82, 2.24) is 14.8 Å². The molecular formula is C22H22ClN5O4. The first-order chi connectivity index (χ1) is 15.4. The van der Waals surface area contributed by atoms with Crippen molar-refractivity contribution in [3.63, 3.8) is 0 Å². The molecule has 166 valence electrons. The van der Waals surface area contributed by atoms with Crippen LogP contribution in [0.5, 0.6) is 17.2 Å². The summed E-state index contributed by atoms with van der Waals surface area (Å²) in [7, 11) is 4.58. The minimum absolute atomic E-state index is 0.342. The van der Waals surface area contributed by atoms with Gasteiger partial charge in [-0.3, -0.25) is 4.79 Å². The van der Waals surface area contributed by atoms with Crippen LogP contribution in [0.25, 0.3) is 11.4 Å². The lowest BCUT2D eigenvalue weighted by atomic mass is 9.94. The Morgan fingerprint density at radius 1 is 1.12 bits per heavy atom. The lowest BCUT2D eigenvalue weighted by Crippen LogP contribution is -2.31. The smallest absolute Gasteiger partial charge is 0.248 e. The minimum Gasteiger partial charge on any atom is -0.493 e. The molecule has 4 rings (SSSR count). The molecule has 32 heavy (non-hydrogen) atoms. The van der Waals surface area contributed by atoms with Crippen molar-refractivity contribution in [2.75, 3.05) is 26.6 Å². The van der Waals surface area contributed by atoms with Gasteiger partial charge in [-0.15, -0.1) is 5.10 Å². The van der Waals surface area contributed by atoms with Crippen LogP contribution in [0.3, 0.4) is 0 Å². The third-order valence-corrected chi connectivity index (χ3v) is 5.44. The van der Waals surface area contributed by atoms with Crippen molar-refractivity contribution in [1.29, 1.82) is 0 Å². The average Bonchev–Trinajstić information content (AvgIpc) is 3.20. The number of hydrogen-bond donors (Lipinski definition) is 2. The maximum Gasteiger partial charge on any atom is 0.248 e. The number of nitrogens with zero attached hydrogens (tertiary/aromatic N) is 3. The van der Waals surface area contributed by atoms with Crippen LogP contribution >= 0.6 is 11.6 Å². The third kappa shape index (κ3) is 3.60. The van der Waals surface area contributed by atoms with E-state index in [9.17, 15) is 4.79 Å². The number of nitrogens with two attached hydrogens (primary N) is 1. The number of carbonyl (C=O) groups excluding carboxylic acids is 1. The van der Waals surface area contributed by atoms with Crippen LogP contribution in [0.2, 0.25) is 5.02 Å². The zero-order valence-corrected chi connectivity index (χ0v) is 18.7. The van der Waals surface area contributed by atoms with Gasteiger partial charge >= 0.3 is 0 Å². The molecule has 0 bridgehead atoms. The van der Waals surface area contributed by atoms with Crippen LogP contribution in [0.4, 0.5) is 5.95 Å². The molecule has 3 N–H and O–H groups in total. The number of hydrogen-bond acceptors (Lipinski definition) is 7. The van der Waals surface area contributed by atoms with Gasteiger partial charge in [0.15, 0.2) is 17.3 Å². The van der Waals surface area contributed by atoms with Crippen LogP contribution in [-0.2, 0) is 4.79 Å². The summed E-state index contributed by atoms with van der Waals surface area (Å²) in [4.78, 5) is 17.1. The SMILES string of the molecule is COc1cc([C@H]2C(C(N)=O)=C(C)Nc3nc(-c4cccc(Cl)c4)nn32)cc(OC)c1OC. The first-order valence-corrected chi connectivity index (χ1v) is 10.1. The number of fused-ring (bicyclic) bond motifs is 1. The van der Waals surface area contributed by atoms with Gasteiger partial charge in [-0.1, -0.05) is 23.7 Å². The van der Waals surface area contributed by atoms with E-state index in [2.05, 4.69) is 15.4 Å². The number of ether oxygens (including phenoxy) is 3. The fraction of sp³-hybridized carbons (Fsp3) is 0.227. The zero-order valence-electron chi connectivity index (χ0n) is 18.0. The molecule has 1 aromatic heterocycles. The highest BCUT2D eigenvalue weighted by Gasteiger charge is 2.34. The fourth-order valence-corrected chi connectivity index (χ4v) is 3.98. The Bertz CT molecular complexity index is 1210. The Kier molecular flexibility index (Phi) is 5.67. The molecule has 2 aromatic carbocycles. The molecule has 0 saturated heterocycles. The Hall–Kier alpha value is -3.72. The van der Waals surface area contributed by atoms with Crippen molar-refractivity contribution in [2.24, 2.45) is 5.73 Å². The van der Waals surface area contributed by atoms with E-state index in [0.717, 1.165) is 5.56 Å². The van der Waals surface area contributed by atoms with Gasteiger partial charge in [0.05, 0.1) is 26.9 Å². The molecule has 0 radical (unpaired) electrons. The minimum atomic E-state index is -0.669. The average molecular weight is 456 g/mol. The Morgan fingerprint density at radius 2 is 1.81 bits per heavy atom. The third-order valence-electron chi connectivity index (χ3n) is 5.20. The number of nitrogens with one attached hydrogen (secondary N) is 1. The zero-order chi connectivity index (χ0) is 23.0. The van der Waals surface area contributed by atoms with E-state index >= 15 is 0 Å². The summed E-state index contributed by atoms with van der Waals surface area (Å²) in [5.74, 6) is 1.65. The van der Waals surface area contributed by atoms with Gasteiger partial charge in [0.2, 0.25) is 17.6 Å². The fourth-order valence-electron chi connectivity index (χ4n) is 3.79. The van der Waals surface area contributed by atoms with Crippen LogP contribution < -0.4 is 25.3 Å². The monoisotopic (exact) mass is 455 g/mol. The van der Waals surface area contributed by atoms with Crippen molar-refractivity contribution in [3.05, 3.63) is 58.3 Å². The predicted octanol–water partition coefficient (Wildman–Crippen LogP) is 3.40. The quantitative estimate of drug-likeness (QED) is 0.585. The highest BCUT2D eigenvalue weighted by molar-refractivity contribution is 6.30. The number of methoxy groups -OCH3 is 3. The highest BCUT2D eigenvalue weighted by Crippen LogP contribution is 2.44. The molecule has 0 fully saturated rings. The first-order valence-electron chi connectivity index (χ1n) is 9.67. The maximum absolute atomic E-state index is 12.5. The molecule has 0 aliphatic carbocycles. The molecule has 0 spiro atoms. The Balaban J connectivity index is 1.93. The topological polar surface area (TPSA) is 114 Å². The number of anilines is 1. The largest absolute Gasteiger partial charge is 0.493 e. The van der Waals surface area contributed by atoms with E-state index in [0.29, 0.717) is 50.9 Å². The molecule has 1 amide bonds. The lowest BCUT2D eigenvalue weighted by molar-refractivity contribution is -0.115. The number of halogens is 1. The number of benzene rings is 2. The van der Waals surface area contributed by atoms with Gasteiger partial charge < -0.3 is 25.3 Å². The number of rotatable bonds is 6. The standard InChI is InChI=1S/C22H22ClN5O4/c1-11-17(20(24)29)18(13-9-15(30-2)19(32-4)16(10-13)31-3)28-22(25-11)26-21(27-28)12-6-5-7-14(23)8-12/h5-10,18H,1-4H3,(H2,24,29)(H,25,26,27)/t18-/m0/s1. The van der Waals surface area contributed by atoms with Gasteiger partial charge in [-0.2, -0.15) is 4.98 Å². The number of aromatic nitrogens is 3. The summed E-state index contributed by atoms with van der Waals surface area (Å²) in [6.45, 7) is 1.77. The molecule has 2 heterocycles. The molecule has 1 aliphatic heterocycles. The van der Waals surface area contributed by atoms with Gasteiger partial charge in [-0.05, 0) is 36.8 Å². The van der Waals surface area contributed by atoms with E-state index in [1.165, 1.54) is 21.3 Å². The molecule has 3 aromatic rings. The normalized spacial score (nSPS) is 15.1. The van der Waals surface area contributed by atoms with Gasteiger partial charge in [0, 0.05) is 16.3 Å². The summed E-state index contributed by atoms with van der Waals surface area (Å²) < 4.78 is 18.0. The molecule has 1 atom stereocenters. The van der Waals surface area contributed by atoms with Crippen molar-refractivity contribution in [3.8, 4) is 28.6 Å². The van der Waals surface area contributed by atoms with Crippen molar-refractivity contribution < 1.29 is 19.0 Å². The van der Waals surface area contributed by atoms with E-state index in [-0.39, 0.29) is 0 Å². The molecule has 10 heteroatoms. The van der Waals surface area contributed by atoms with Crippen LogP contribution in [0, 0.1) is 0 Å². The summed E-state index contributed by atoms with van der Waals surface area (Å²) >= 11 is 6.14. The second-order valence-electron chi connectivity index (χ2n) is 7.10. The molecule has 0 unspecified atom stereocenters. The van der Waals surface area contributed by atoms with Gasteiger partial charge in [0.25, 0.3) is 0 Å². The maximum atomic E-state index is 12.5. The van der Waals surface area contributed by atoms with Crippen molar-refractivity contribution in [2.45, 2.75) is 13.0 Å². The van der Waals surface area contributed by atoms with E-state index in [4.69, 9.17) is 31.5 Å².